The van der Waals surface area contributed by atoms with Crippen molar-refractivity contribution >= 4 is 17.4 Å². The Kier molecular flexibility index (Phi) is 4.64. The van der Waals surface area contributed by atoms with Gasteiger partial charge in [-0.05, 0) is 31.4 Å². The van der Waals surface area contributed by atoms with E-state index in [1.54, 1.807) is 6.20 Å². The zero-order valence-electron chi connectivity index (χ0n) is 12.9. The van der Waals surface area contributed by atoms with Crippen LogP contribution in [0.15, 0.2) is 24.7 Å². The summed E-state index contributed by atoms with van der Waals surface area (Å²) in [5, 5.41) is 8.32. The van der Waals surface area contributed by atoms with E-state index in [0.717, 1.165) is 42.9 Å². The van der Waals surface area contributed by atoms with Gasteiger partial charge in [0.15, 0.2) is 0 Å². The van der Waals surface area contributed by atoms with Crippen molar-refractivity contribution in [2.24, 2.45) is 13.0 Å². The third-order valence-electron chi connectivity index (χ3n) is 4.11. The summed E-state index contributed by atoms with van der Waals surface area (Å²) in [6.45, 7) is 3.58. The molecule has 3 heterocycles. The summed E-state index contributed by atoms with van der Waals surface area (Å²) in [7, 11) is 1.93. The molecule has 0 spiro atoms. The number of hydrogen-bond acceptors (Lipinski definition) is 4. The molecule has 0 radical (unpaired) electrons. The smallest absolute Gasteiger partial charge is 0.145 e. The van der Waals surface area contributed by atoms with Crippen LogP contribution in [0, 0.1) is 12.8 Å². The van der Waals surface area contributed by atoms with E-state index in [-0.39, 0.29) is 6.10 Å². The molecule has 1 fully saturated rings. The van der Waals surface area contributed by atoms with E-state index in [4.69, 9.17) is 16.3 Å². The van der Waals surface area contributed by atoms with Gasteiger partial charge in [-0.2, -0.15) is 5.10 Å². The van der Waals surface area contributed by atoms with Crippen LogP contribution in [-0.4, -0.2) is 27.9 Å². The van der Waals surface area contributed by atoms with E-state index >= 15 is 0 Å². The number of hydrogen-bond donors (Lipinski definition) is 1. The number of rotatable bonds is 4. The monoisotopic (exact) mass is 320 g/mol. The Morgan fingerprint density at radius 3 is 3.14 bits per heavy atom. The molecule has 1 aliphatic heterocycles. The largest absolute Gasteiger partial charge is 0.373 e. The molecule has 0 unspecified atom stereocenters. The Morgan fingerprint density at radius 1 is 1.50 bits per heavy atom. The summed E-state index contributed by atoms with van der Waals surface area (Å²) in [5.74, 6) is 1.13. The van der Waals surface area contributed by atoms with Crippen LogP contribution in [-0.2, 0) is 11.8 Å². The number of pyridine rings is 1. The highest BCUT2D eigenvalue weighted by Gasteiger charge is 2.28. The molecule has 0 saturated carbocycles. The Labute approximate surface area is 135 Å². The van der Waals surface area contributed by atoms with E-state index in [2.05, 4.69) is 15.4 Å². The molecule has 0 aliphatic carbocycles. The SMILES string of the molecule is Cc1ccnc(NC[C@@H]2CCCO[C@H]2c2cnn(C)c2)c1Cl. The topological polar surface area (TPSA) is 52.0 Å². The first kappa shape index (κ1) is 15.3. The molecule has 0 amide bonds. The van der Waals surface area contributed by atoms with Gasteiger partial charge in [0, 0.05) is 44.1 Å². The molecule has 22 heavy (non-hydrogen) atoms. The van der Waals surface area contributed by atoms with Crippen molar-refractivity contribution in [3.63, 3.8) is 0 Å². The van der Waals surface area contributed by atoms with Gasteiger partial charge >= 0.3 is 0 Å². The van der Waals surface area contributed by atoms with Crippen molar-refractivity contribution in [1.29, 1.82) is 0 Å². The van der Waals surface area contributed by atoms with E-state index in [9.17, 15) is 0 Å². The van der Waals surface area contributed by atoms with Gasteiger partial charge in [0.2, 0.25) is 0 Å². The summed E-state index contributed by atoms with van der Waals surface area (Å²) in [6, 6.07) is 1.91. The molecular weight excluding hydrogens is 300 g/mol. The summed E-state index contributed by atoms with van der Waals surface area (Å²) in [5.41, 5.74) is 2.17. The van der Waals surface area contributed by atoms with E-state index in [1.807, 2.05) is 37.1 Å². The minimum Gasteiger partial charge on any atom is -0.373 e. The fourth-order valence-electron chi connectivity index (χ4n) is 2.90. The van der Waals surface area contributed by atoms with Crippen molar-refractivity contribution in [1.82, 2.24) is 14.8 Å². The normalized spacial score (nSPS) is 21.8. The fourth-order valence-corrected chi connectivity index (χ4v) is 3.08. The van der Waals surface area contributed by atoms with Crippen molar-refractivity contribution in [2.45, 2.75) is 25.9 Å². The van der Waals surface area contributed by atoms with Crippen LogP contribution < -0.4 is 5.32 Å². The van der Waals surface area contributed by atoms with Crippen molar-refractivity contribution in [2.75, 3.05) is 18.5 Å². The number of nitrogens with one attached hydrogen (secondary N) is 1. The molecule has 1 aliphatic rings. The third-order valence-corrected chi connectivity index (χ3v) is 4.59. The van der Waals surface area contributed by atoms with Gasteiger partial charge in [-0.3, -0.25) is 4.68 Å². The second-order valence-corrected chi connectivity index (χ2v) is 6.19. The standard InChI is InChI=1S/C16H21ClN4O/c1-11-5-6-18-16(14(11)17)19-8-12-4-3-7-22-15(12)13-9-20-21(2)10-13/h5-6,9-10,12,15H,3-4,7-8H2,1-2H3,(H,18,19)/t12-,15+/m0/s1. The summed E-state index contributed by atoms with van der Waals surface area (Å²) in [4.78, 5) is 4.33. The zero-order valence-corrected chi connectivity index (χ0v) is 13.7. The highest BCUT2D eigenvalue weighted by atomic mass is 35.5. The van der Waals surface area contributed by atoms with Gasteiger partial charge in [0.05, 0.1) is 17.3 Å². The third kappa shape index (κ3) is 3.25. The summed E-state index contributed by atoms with van der Waals surface area (Å²) >= 11 is 6.30. The highest BCUT2D eigenvalue weighted by molar-refractivity contribution is 6.33. The van der Waals surface area contributed by atoms with Gasteiger partial charge < -0.3 is 10.1 Å². The first-order chi connectivity index (χ1) is 10.6. The molecule has 118 valence electrons. The Morgan fingerprint density at radius 2 is 2.36 bits per heavy atom. The first-order valence-corrected chi connectivity index (χ1v) is 7.98. The molecule has 3 rings (SSSR count). The van der Waals surface area contributed by atoms with Crippen LogP contribution in [0.2, 0.25) is 5.02 Å². The lowest BCUT2D eigenvalue weighted by molar-refractivity contribution is -0.0239. The minimum absolute atomic E-state index is 0.0820. The average Bonchev–Trinajstić information content (AvgIpc) is 2.95. The molecule has 2 atom stereocenters. The van der Waals surface area contributed by atoms with Crippen LogP contribution in [0.5, 0.6) is 0 Å². The predicted octanol–water partition coefficient (Wildman–Crippen LogP) is 3.36. The molecule has 2 aromatic rings. The van der Waals surface area contributed by atoms with Gasteiger partial charge in [-0.1, -0.05) is 11.6 Å². The van der Waals surface area contributed by atoms with Gasteiger partial charge in [-0.15, -0.1) is 0 Å². The molecule has 2 aromatic heterocycles. The molecule has 0 bridgehead atoms. The lowest BCUT2D eigenvalue weighted by atomic mass is 9.91. The first-order valence-electron chi connectivity index (χ1n) is 7.60. The van der Waals surface area contributed by atoms with Crippen molar-refractivity contribution in [3.8, 4) is 0 Å². The molecule has 1 N–H and O–H groups in total. The van der Waals surface area contributed by atoms with Crippen LogP contribution >= 0.6 is 11.6 Å². The van der Waals surface area contributed by atoms with Crippen LogP contribution in [0.4, 0.5) is 5.82 Å². The lowest BCUT2D eigenvalue weighted by Crippen LogP contribution is -2.28. The maximum absolute atomic E-state index is 6.30. The Balaban J connectivity index is 1.70. The number of ether oxygens (including phenoxy) is 1. The maximum Gasteiger partial charge on any atom is 0.145 e. The van der Waals surface area contributed by atoms with Crippen LogP contribution in [0.1, 0.15) is 30.1 Å². The molecular formula is C16H21ClN4O. The number of anilines is 1. The summed E-state index contributed by atoms with van der Waals surface area (Å²) in [6.07, 6.45) is 7.98. The number of aromatic nitrogens is 3. The lowest BCUT2D eigenvalue weighted by Gasteiger charge is -2.31. The number of nitrogens with zero attached hydrogens (tertiary/aromatic N) is 3. The zero-order chi connectivity index (χ0) is 15.5. The number of halogens is 1. The maximum atomic E-state index is 6.30. The van der Waals surface area contributed by atoms with Crippen LogP contribution in [0.3, 0.4) is 0 Å². The van der Waals surface area contributed by atoms with Gasteiger partial charge in [-0.25, -0.2) is 4.98 Å². The van der Waals surface area contributed by atoms with Crippen molar-refractivity contribution < 1.29 is 4.74 Å². The van der Waals surface area contributed by atoms with E-state index in [1.165, 1.54) is 0 Å². The van der Waals surface area contributed by atoms with E-state index < -0.39 is 0 Å². The quantitative estimate of drug-likeness (QED) is 0.938. The van der Waals surface area contributed by atoms with Crippen LogP contribution in [0.25, 0.3) is 0 Å². The van der Waals surface area contributed by atoms with Gasteiger partial charge in [0.25, 0.3) is 0 Å². The fraction of sp³-hybridized carbons (Fsp3) is 0.500. The minimum atomic E-state index is 0.0820. The van der Waals surface area contributed by atoms with Gasteiger partial charge in [0.1, 0.15) is 5.82 Å². The summed E-state index contributed by atoms with van der Waals surface area (Å²) < 4.78 is 7.80. The number of aryl methyl sites for hydroxylation is 2. The second-order valence-electron chi connectivity index (χ2n) is 5.81. The molecule has 6 heteroatoms. The average molecular weight is 321 g/mol. The Bertz CT molecular complexity index is 643. The van der Waals surface area contributed by atoms with E-state index in [0.29, 0.717) is 10.9 Å². The molecule has 5 nitrogen and oxygen atoms in total. The van der Waals surface area contributed by atoms with Crippen molar-refractivity contribution in [3.05, 3.63) is 40.8 Å². The Hall–Kier alpha value is -1.59. The molecule has 0 aromatic carbocycles. The second kappa shape index (κ2) is 6.67. The molecule has 1 saturated heterocycles. The predicted molar refractivity (Wildman–Crippen MR) is 87.1 cm³/mol. The highest BCUT2D eigenvalue weighted by Crippen LogP contribution is 2.34.